The van der Waals surface area contributed by atoms with Crippen LogP contribution in [-0.4, -0.2) is 75.6 Å². The molecule has 0 aliphatic carbocycles. The van der Waals surface area contributed by atoms with Crippen LogP contribution in [0.25, 0.3) is 0 Å². The van der Waals surface area contributed by atoms with Crippen molar-refractivity contribution in [1.82, 2.24) is 9.88 Å². The van der Waals surface area contributed by atoms with E-state index in [0.717, 1.165) is 0 Å². The summed E-state index contributed by atoms with van der Waals surface area (Å²) in [4.78, 5) is 19.4. The Labute approximate surface area is 199 Å². The van der Waals surface area contributed by atoms with Crippen molar-refractivity contribution in [3.05, 3.63) is 47.7 Å². The van der Waals surface area contributed by atoms with Crippen LogP contribution in [0.15, 0.2) is 36.4 Å². The van der Waals surface area contributed by atoms with E-state index in [0.29, 0.717) is 30.1 Å². The number of hydrogen-bond acceptors (Lipinski definition) is 8. The van der Waals surface area contributed by atoms with E-state index in [-0.39, 0.29) is 37.4 Å². The second-order valence-corrected chi connectivity index (χ2v) is 7.88. The molecule has 0 N–H and O–H groups in total. The first-order chi connectivity index (χ1) is 16.8. The van der Waals surface area contributed by atoms with Crippen LogP contribution >= 0.6 is 0 Å². The molecule has 0 bridgehead atoms. The minimum atomic E-state index is -4.73. The van der Waals surface area contributed by atoms with Gasteiger partial charge in [-0.2, -0.15) is 0 Å². The minimum absolute atomic E-state index is 0.0868. The first kappa shape index (κ1) is 25.0. The number of halogens is 3. The minimum Gasteiger partial charge on any atom is -0.493 e. The number of alkyl halides is 3. The topological polar surface area (TPSA) is 88.6 Å². The summed E-state index contributed by atoms with van der Waals surface area (Å²) >= 11 is 0. The number of hydrogen-bond donors (Lipinski definition) is 0. The molecule has 9 nitrogen and oxygen atoms in total. The van der Waals surface area contributed by atoms with Gasteiger partial charge in [-0.25, -0.2) is 4.98 Å². The molecule has 35 heavy (non-hydrogen) atoms. The van der Waals surface area contributed by atoms with Gasteiger partial charge in [-0.15, -0.1) is 13.2 Å². The van der Waals surface area contributed by atoms with Gasteiger partial charge in [0, 0.05) is 24.6 Å². The fraction of sp³-hybridized carbons (Fsp3) is 0.478. The smallest absolute Gasteiger partial charge is 0.493 e. The Morgan fingerprint density at radius 2 is 2.00 bits per heavy atom. The number of piperidine rings is 1. The number of ether oxygens (including phenoxy) is 6. The van der Waals surface area contributed by atoms with Crippen molar-refractivity contribution >= 4 is 5.91 Å². The Hall–Kier alpha value is -3.09. The zero-order valence-corrected chi connectivity index (χ0v) is 19.2. The number of pyridine rings is 1. The van der Waals surface area contributed by atoms with Crippen LogP contribution in [0.1, 0.15) is 22.5 Å². The van der Waals surface area contributed by atoms with Crippen LogP contribution in [-0.2, 0) is 19.8 Å². The number of carbonyl (C=O) groups excluding carboxylic acids is 1. The molecule has 1 aromatic carbocycles. The number of benzene rings is 1. The summed E-state index contributed by atoms with van der Waals surface area (Å²) in [6.07, 6.45) is -4.67. The summed E-state index contributed by atoms with van der Waals surface area (Å²) in [5.41, 5.74) is 0.245. The molecule has 2 atom stereocenters. The number of amides is 1. The van der Waals surface area contributed by atoms with E-state index in [1.165, 1.54) is 32.4 Å². The summed E-state index contributed by atoms with van der Waals surface area (Å²) in [5, 5.41) is 0. The van der Waals surface area contributed by atoms with Crippen LogP contribution in [0.5, 0.6) is 17.4 Å². The third-order valence-corrected chi connectivity index (χ3v) is 5.92. The second kappa shape index (κ2) is 10.3. The average molecular weight is 498 g/mol. The lowest BCUT2D eigenvalue weighted by Crippen LogP contribution is -2.53. The number of fused-ring (bicyclic) bond motifs is 1. The fourth-order valence-corrected chi connectivity index (χ4v) is 4.20. The average Bonchev–Trinajstić information content (AvgIpc) is 3.30. The number of nitrogens with zero attached hydrogens (tertiary/aromatic N) is 2. The summed E-state index contributed by atoms with van der Waals surface area (Å²) in [5.74, 6) is 0.626. The number of aromatic nitrogens is 1. The highest BCUT2D eigenvalue weighted by Crippen LogP contribution is 2.42. The largest absolute Gasteiger partial charge is 0.522 e. The summed E-state index contributed by atoms with van der Waals surface area (Å²) in [6.45, 7) is -0.243. The molecule has 190 valence electrons. The van der Waals surface area contributed by atoms with Crippen LogP contribution in [0.2, 0.25) is 0 Å². The van der Waals surface area contributed by atoms with E-state index in [1.54, 1.807) is 11.0 Å². The zero-order valence-electron chi connectivity index (χ0n) is 19.2. The van der Waals surface area contributed by atoms with Gasteiger partial charge in [0.05, 0.1) is 33.1 Å². The molecule has 0 radical (unpaired) electrons. The molecule has 2 aromatic rings. The number of methoxy groups -OCH3 is 2. The summed E-state index contributed by atoms with van der Waals surface area (Å²) in [6, 6.07) is 9.92. The Balaban J connectivity index is 1.44. The first-order valence-corrected chi connectivity index (χ1v) is 10.8. The highest BCUT2D eigenvalue weighted by Gasteiger charge is 2.52. The Kier molecular flexibility index (Phi) is 7.33. The summed E-state index contributed by atoms with van der Waals surface area (Å²) < 4.78 is 67.6. The van der Waals surface area contributed by atoms with Crippen LogP contribution in [0.4, 0.5) is 13.2 Å². The van der Waals surface area contributed by atoms with Gasteiger partial charge < -0.3 is 28.6 Å². The van der Waals surface area contributed by atoms with Gasteiger partial charge in [-0.05, 0) is 24.3 Å². The van der Waals surface area contributed by atoms with E-state index in [1.807, 2.05) is 12.1 Å². The van der Waals surface area contributed by atoms with E-state index in [2.05, 4.69) is 9.72 Å². The van der Waals surface area contributed by atoms with Gasteiger partial charge in [0.1, 0.15) is 25.1 Å². The number of likely N-dealkylation sites (tertiary alicyclic amines) is 1. The van der Waals surface area contributed by atoms with Crippen molar-refractivity contribution in [2.75, 3.05) is 47.3 Å². The lowest BCUT2D eigenvalue weighted by atomic mass is 9.85. The number of rotatable bonds is 8. The van der Waals surface area contributed by atoms with Crippen molar-refractivity contribution in [1.29, 1.82) is 0 Å². The molecule has 4 rings (SSSR count). The molecule has 0 saturated carbocycles. The van der Waals surface area contributed by atoms with Crippen LogP contribution in [0.3, 0.4) is 0 Å². The van der Waals surface area contributed by atoms with Crippen molar-refractivity contribution in [2.45, 2.75) is 24.5 Å². The highest BCUT2D eigenvalue weighted by molar-refractivity contribution is 5.95. The molecule has 2 fully saturated rings. The van der Waals surface area contributed by atoms with E-state index in [9.17, 15) is 18.0 Å². The van der Waals surface area contributed by atoms with Gasteiger partial charge in [-0.1, -0.05) is 6.07 Å². The van der Waals surface area contributed by atoms with E-state index < -0.39 is 24.7 Å². The highest BCUT2D eigenvalue weighted by atomic mass is 19.4. The molecular formula is C23H25F3N2O7. The predicted molar refractivity (Wildman–Crippen MR) is 114 cm³/mol. The van der Waals surface area contributed by atoms with Crippen molar-refractivity contribution in [3.8, 4) is 17.4 Å². The van der Waals surface area contributed by atoms with E-state index >= 15 is 0 Å². The number of carbonyl (C=O) groups is 1. The van der Waals surface area contributed by atoms with Crippen molar-refractivity contribution in [3.63, 3.8) is 0 Å². The van der Waals surface area contributed by atoms with Gasteiger partial charge in [-0.3, -0.25) is 9.53 Å². The second-order valence-electron chi connectivity index (χ2n) is 7.88. The van der Waals surface area contributed by atoms with Crippen molar-refractivity contribution < 1.29 is 46.4 Å². The van der Waals surface area contributed by atoms with Crippen molar-refractivity contribution in [2.24, 2.45) is 0 Å². The monoisotopic (exact) mass is 498 g/mol. The predicted octanol–water partition coefficient (Wildman–Crippen LogP) is 3.13. The third-order valence-electron chi connectivity index (χ3n) is 5.92. The molecule has 2 aliphatic heterocycles. The molecule has 1 amide bonds. The Bertz CT molecular complexity index is 1050. The molecule has 2 aliphatic rings. The van der Waals surface area contributed by atoms with Gasteiger partial charge in [0.25, 0.3) is 5.91 Å². The maximum absolute atomic E-state index is 13.2. The third kappa shape index (κ3) is 5.44. The lowest BCUT2D eigenvalue weighted by Gasteiger charge is -2.41. The SMILES string of the molecule is COc1cccc([C@]23CCN(C(=O)c4ccc(OCCOC(F)(F)F)c(OC)c4)CC2OCO3)n1. The quantitative estimate of drug-likeness (QED) is 0.513. The molecule has 2 saturated heterocycles. The normalized spacial score (nSPS) is 22.0. The summed E-state index contributed by atoms with van der Waals surface area (Å²) in [7, 11) is 2.91. The van der Waals surface area contributed by atoms with Crippen LogP contribution < -0.4 is 14.2 Å². The van der Waals surface area contributed by atoms with Gasteiger partial charge in [0.2, 0.25) is 5.88 Å². The lowest BCUT2D eigenvalue weighted by molar-refractivity contribution is -0.325. The maximum atomic E-state index is 13.2. The maximum Gasteiger partial charge on any atom is 0.522 e. The fourth-order valence-electron chi connectivity index (χ4n) is 4.20. The first-order valence-electron chi connectivity index (χ1n) is 10.8. The molecule has 3 heterocycles. The van der Waals surface area contributed by atoms with Gasteiger partial charge in [0.15, 0.2) is 11.5 Å². The standard InChI is InChI=1S/C23H25F3N2O7/c1-30-17-12-15(6-7-16(17)32-10-11-34-23(24,25)26)21(29)28-9-8-22(19(13-28)33-14-35-22)18-4-3-5-20(27-18)31-2/h3-7,12,19H,8-11,13-14H2,1-2H3/t19?,22-/m1/s1. The Morgan fingerprint density at radius 3 is 2.74 bits per heavy atom. The zero-order chi connectivity index (χ0) is 25.1. The van der Waals surface area contributed by atoms with Crippen LogP contribution in [0, 0.1) is 0 Å². The molecule has 1 aromatic heterocycles. The Morgan fingerprint density at radius 1 is 1.17 bits per heavy atom. The molecular weight excluding hydrogens is 473 g/mol. The molecule has 12 heteroatoms. The molecule has 0 spiro atoms. The molecule has 1 unspecified atom stereocenters. The van der Waals surface area contributed by atoms with Gasteiger partial charge >= 0.3 is 6.36 Å². The van der Waals surface area contributed by atoms with E-state index in [4.69, 9.17) is 23.7 Å².